The molecule has 3 N–H and O–H groups in total. The van der Waals surface area contributed by atoms with Crippen LogP contribution in [0.5, 0.6) is 0 Å². The van der Waals surface area contributed by atoms with Crippen LogP contribution in [0.2, 0.25) is 0 Å². The molecule has 1 unspecified atom stereocenters. The topological polar surface area (TPSA) is 64.4 Å². The predicted octanol–water partition coefficient (Wildman–Crippen LogP) is 1.50. The summed E-state index contributed by atoms with van der Waals surface area (Å²) in [5, 5.41) is 2.88. The summed E-state index contributed by atoms with van der Waals surface area (Å²) in [6.45, 7) is 2.79. The second-order valence-electron chi connectivity index (χ2n) is 4.72. The lowest BCUT2D eigenvalue weighted by molar-refractivity contribution is -0.133. The molecule has 1 atom stereocenters. The second-order valence-corrected chi connectivity index (χ2v) is 4.72. The average Bonchev–Trinajstić information content (AvgIpc) is 2.85. The van der Waals surface area contributed by atoms with Gasteiger partial charge in [0.1, 0.15) is 5.60 Å². The van der Waals surface area contributed by atoms with E-state index in [1.54, 1.807) is 0 Å². The first-order valence-electron chi connectivity index (χ1n) is 6.38. The Labute approximate surface area is 113 Å². The molecular formula is C15H18N2O2. The molecular weight excluding hydrogens is 240 g/mol. The van der Waals surface area contributed by atoms with E-state index in [4.69, 9.17) is 10.5 Å². The van der Waals surface area contributed by atoms with Crippen LogP contribution in [-0.2, 0) is 9.53 Å². The highest BCUT2D eigenvalue weighted by Gasteiger charge is 2.37. The zero-order valence-electron chi connectivity index (χ0n) is 11.0. The Morgan fingerprint density at radius 3 is 3.11 bits per heavy atom. The SMILES string of the molecule is CC1(C(=O)Nc2cccc(C#CCN)c2)CCCO1. The molecule has 1 aromatic carbocycles. The van der Waals surface area contributed by atoms with Crippen molar-refractivity contribution in [2.75, 3.05) is 18.5 Å². The van der Waals surface area contributed by atoms with Crippen molar-refractivity contribution in [3.8, 4) is 11.8 Å². The van der Waals surface area contributed by atoms with Crippen molar-refractivity contribution in [2.24, 2.45) is 5.73 Å². The zero-order chi connectivity index (χ0) is 13.7. The molecule has 1 saturated heterocycles. The highest BCUT2D eigenvalue weighted by atomic mass is 16.5. The fraction of sp³-hybridized carbons (Fsp3) is 0.400. The highest BCUT2D eigenvalue weighted by molar-refractivity contribution is 5.97. The zero-order valence-corrected chi connectivity index (χ0v) is 11.0. The van der Waals surface area contributed by atoms with Crippen molar-refractivity contribution in [1.82, 2.24) is 0 Å². The first-order valence-corrected chi connectivity index (χ1v) is 6.38. The van der Waals surface area contributed by atoms with Crippen LogP contribution in [0.1, 0.15) is 25.3 Å². The minimum Gasteiger partial charge on any atom is -0.365 e. The Bertz CT molecular complexity index is 522. The lowest BCUT2D eigenvalue weighted by Gasteiger charge is -2.21. The summed E-state index contributed by atoms with van der Waals surface area (Å²) in [7, 11) is 0. The summed E-state index contributed by atoms with van der Waals surface area (Å²) in [5.74, 6) is 5.62. The molecule has 2 rings (SSSR count). The largest absolute Gasteiger partial charge is 0.365 e. The van der Waals surface area contributed by atoms with Gasteiger partial charge in [0.25, 0.3) is 5.91 Å². The van der Waals surface area contributed by atoms with Crippen molar-refractivity contribution in [1.29, 1.82) is 0 Å². The molecule has 4 nitrogen and oxygen atoms in total. The van der Waals surface area contributed by atoms with Crippen LogP contribution in [0.25, 0.3) is 0 Å². The summed E-state index contributed by atoms with van der Waals surface area (Å²) in [6, 6.07) is 7.41. The van der Waals surface area contributed by atoms with Crippen molar-refractivity contribution in [3.05, 3.63) is 29.8 Å². The molecule has 0 spiro atoms. The molecule has 1 aliphatic rings. The quantitative estimate of drug-likeness (QED) is 0.790. The van der Waals surface area contributed by atoms with E-state index in [0.717, 1.165) is 24.1 Å². The Hall–Kier alpha value is -1.83. The van der Waals surface area contributed by atoms with Gasteiger partial charge in [0.05, 0.1) is 6.54 Å². The van der Waals surface area contributed by atoms with E-state index in [9.17, 15) is 4.79 Å². The molecule has 0 aliphatic carbocycles. The minimum absolute atomic E-state index is 0.103. The van der Waals surface area contributed by atoms with Gasteiger partial charge in [-0.25, -0.2) is 0 Å². The third-order valence-electron chi connectivity index (χ3n) is 3.15. The second kappa shape index (κ2) is 5.87. The van der Waals surface area contributed by atoms with Crippen molar-refractivity contribution < 1.29 is 9.53 Å². The average molecular weight is 258 g/mol. The van der Waals surface area contributed by atoms with Crippen LogP contribution in [-0.4, -0.2) is 24.7 Å². The molecule has 19 heavy (non-hydrogen) atoms. The van der Waals surface area contributed by atoms with Gasteiger partial charge in [0.15, 0.2) is 0 Å². The first kappa shape index (κ1) is 13.6. The minimum atomic E-state index is -0.709. The maximum absolute atomic E-state index is 12.2. The predicted molar refractivity (Wildman–Crippen MR) is 74.6 cm³/mol. The number of rotatable bonds is 2. The lowest BCUT2D eigenvalue weighted by Crippen LogP contribution is -2.39. The molecule has 1 heterocycles. The standard InChI is InChI=1S/C15H18N2O2/c1-15(8-4-10-19-15)14(18)17-13-7-2-5-12(11-13)6-3-9-16/h2,5,7,11H,4,8-10,16H2,1H3,(H,17,18). The third kappa shape index (κ3) is 3.34. The summed E-state index contributed by atoms with van der Waals surface area (Å²) in [5.41, 5.74) is 6.19. The number of amides is 1. The molecule has 4 heteroatoms. The van der Waals surface area contributed by atoms with Crippen LogP contribution in [0, 0.1) is 11.8 Å². The fourth-order valence-corrected chi connectivity index (χ4v) is 2.05. The van der Waals surface area contributed by atoms with Gasteiger partial charge < -0.3 is 15.8 Å². The number of ether oxygens (including phenoxy) is 1. The maximum Gasteiger partial charge on any atom is 0.256 e. The number of carbonyl (C=O) groups is 1. The molecule has 0 saturated carbocycles. The van der Waals surface area contributed by atoms with Crippen LogP contribution >= 0.6 is 0 Å². The summed E-state index contributed by atoms with van der Waals surface area (Å²) >= 11 is 0. The molecule has 1 aromatic rings. The van der Waals surface area contributed by atoms with Gasteiger partial charge in [-0.1, -0.05) is 17.9 Å². The molecule has 0 radical (unpaired) electrons. The van der Waals surface area contributed by atoms with Crippen LogP contribution in [0.15, 0.2) is 24.3 Å². The Kier molecular flexibility index (Phi) is 4.20. The van der Waals surface area contributed by atoms with Gasteiger partial charge in [-0.2, -0.15) is 0 Å². The molecule has 1 aliphatic heterocycles. The molecule has 1 fully saturated rings. The molecule has 1 amide bonds. The van der Waals surface area contributed by atoms with E-state index in [0.29, 0.717) is 13.2 Å². The molecule has 100 valence electrons. The molecule has 0 bridgehead atoms. The number of nitrogens with two attached hydrogens (primary N) is 1. The number of nitrogens with one attached hydrogen (secondary N) is 1. The Morgan fingerprint density at radius 2 is 2.42 bits per heavy atom. The Morgan fingerprint density at radius 1 is 1.58 bits per heavy atom. The first-order chi connectivity index (χ1) is 9.14. The summed E-state index contributed by atoms with van der Waals surface area (Å²) in [4.78, 5) is 12.2. The van der Waals surface area contributed by atoms with Crippen molar-refractivity contribution in [3.63, 3.8) is 0 Å². The lowest BCUT2D eigenvalue weighted by atomic mass is 10.0. The van der Waals surface area contributed by atoms with E-state index in [1.807, 2.05) is 31.2 Å². The van der Waals surface area contributed by atoms with Gasteiger partial charge in [-0.15, -0.1) is 0 Å². The van der Waals surface area contributed by atoms with Gasteiger partial charge in [-0.05, 0) is 38.0 Å². The summed E-state index contributed by atoms with van der Waals surface area (Å²) < 4.78 is 5.51. The number of hydrogen-bond acceptors (Lipinski definition) is 3. The highest BCUT2D eigenvalue weighted by Crippen LogP contribution is 2.26. The van der Waals surface area contributed by atoms with Gasteiger partial charge in [-0.3, -0.25) is 4.79 Å². The number of hydrogen-bond donors (Lipinski definition) is 2. The fourth-order valence-electron chi connectivity index (χ4n) is 2.05. The van der Waals surface area contributed by atoms with Crippen molar-refractivity contribution >= 4 is 11.6 Å². The van der Waals surface area contributed by atoms with E-state index in [2.05, 4.69) is 17.2 Å². The van der Waals surface area contributed by atoms with Gasteiger partial charge in [0.2, 0.25) is 0 Å². The van der Waals surface area contributed by atoms with E-state index in [-0.39, 0.29) is 5.91 Å². The van der Waals surface area contributed by atoms with Gasteiger partial charge >= 0.3 is 0 Å². The van der Waals surface area contributed by atoms with E-state index < -0.39 is 5.60 Å². The Balaban J connectivity index is 2.08. The smallest absolute Gasteiger partial charge is 0.256 e. The van der Waals surface area contributed by atoms with E-state index in [1.165, 1.54) is 0 Å². The van der Waals surface area contributed by atoms with Gasteiger partial charge in [0, 0.05) is 17.9 Å². The van der Waals surface area contributed by atoms with E-state index >= 15 is 0 Å². The number of anilines is 1. The normalized spacial score (nSPS) is 21.6. The van der Waals surface area contributed by atoms with Crippen molar-refractivity contribution in [2.45, 2.75) is 25.4 Å². The van der Waals surface area contributed by atoms with Crippen LogP contribution < -0.4 is 11.1 Å². The number of benzene rings is 1. The molecule has 0 aromatic heterocycles. The summed E-state index contributed by atoms with van der Waals surface area (Å²) in [6.07, 6.45) is 1.68. The monoisotopic (exact) mass is 258 g/mol. The van der Waals surface area contributed by atoms with Crippen LogP contribution in [0.3, 0.4) is 0 Å². The number of carbonyl (C=O) groups excluding carboxylic acids is 1. The third-order valence-corrected chi connectivity index (χ3v) is 3.15. The van der Waals surface area contributed by atoms with Crippen LogP contribution in [0.4, 0.5) is 5.69 Å². The maximum atomic E-state index is 12.2.